The van der Waals surface area contributed by atoms with Crippen molar-refractivity contribution < 1.29 is 19.0 Å². The van der Waals surface area contributed by atoms with Gasteiger partial charge in [-0.15, -0.1) is 0 Å². The van der Waals surface area contributed by atoms with Crippen LogP contribution in [0.1, 0.15) is 107 Å². The average molecular weight is 642 g/mol. The first-order chi connectivity index (χ1) is 21.5. The lowest BCUT2D eigenvalue weighted by Crippen LogP contribution is -2.09. The number of hydrogen-bond donors (Lipinski definition) is 0. The molecule has 0 heterocycles. The fraction of sp³-hybridized carbons (Fsp3) is 0.472. The van der Waals surface area contributed by atoms with E-state index in [1.54, 1.807) is 60.7 Å². The van der Waals surface area contributed by atoms with Gasteiger partial charge in [0.2, 0.25) is 0 Å². The van der Waals surface area contributed by atoms with Gasteiger partial charge < -0.3 is 14.2 Å². The molecule has 3 aromatic rings. The number of esters is 1. The van der Waals surface area contributed by atoms with Gasteiger partial charge in [0.15, 0.2) is 11.5 Å². The second-order valence-corrected chi connectivity index (χ2v) is 11.8. The predicted octanol–water partition coefficient (Wildman–Crippen LogP) is 12.5. The molecule has 0 N–H and O–H groups in total. The number of unbranched alkanes of at least 4 members (excludes halogenated alkanes) is 13. The van der Waals surface area contributed by atoms with Gasteiger partial charge in [0, 0.05) is 6.07 Å². The number of rotatable bonds is 21. The maximum absolute atomic E-state index is 12.8. The third-order valence-electron chi connectivity index (χ3n) is 7.39. The Morgan fingerprint density at radius 2 is 1.18 bits per heavy atom. The number of azo groups is 1. The van der Waals surface area contributed by atoms with E-state index in [0.717, 1.165) is 12.2 Å². The lowest BCUT2D eigenvalue weighted by Gasteiger charge is -2.10. The van der Waals surface area contributed by atoms with Crippen LogP contribution in [0.4, 0.5) is 11.4 Å². The summed E-state index contributed by atoms with van der Waals surface area (Å²) in [4.78, 5) is 12.8. The van der Waals surface area contributed by atoms with Gasteiger partial charge >= 0.3 is 5.97 Å². The van der Waals surface area contributed by atoms with Crippen LogP contribution in [0, 0.1) is 0 Å². The standard InChI is InChI=1S/C36H46Cl2N2O4/c1-3-4-5-6-7-8-9-10-11-12-13-14-15-16-25-43-31-21-17-28(18-22-31)36(41)44-34-24-20-30(27-35(34)42-2)40-39-29-19-23-32(37)33(38)26-29/h17-24,26-27H,3-16,25H2,1-2H3. The highest BCUT2D eigenvalue weighted by Crippen LogP contribution is 2.33. The molecule has 44 heavy (non-hydrogen) atoms. The SMILES string of the molecule is CCCCCCCCCCCCCCCCOc1ccc(C(=O)Oc2ccc(N=Nc3ccc(Cl)c(Cl)c3)cc2OC)cc1. The monoisotopic (exact) mass is 640 g/mol. The van der Waals surface area contributed by atoms with E-state index in [0.29, 0.717) is 39.3 Å². The van der Waals surface area contributed by atoms with Gasteiger partial charge in [-0.25, -0.2) is 4.79 Å². The number of halogens is 2. The Labute approximate surface area is 273 Å². The molecule has 0 unspecified atom stereocenters. The van der Waals surface area contributed by atoms with Crippen molar-refractivity contribution >= 4 is 40.5 Å². The van der Waals surface area contributed by atoms with Gasteiger partial charge in [-0.05, 0) is 61.0 Å². The van der Waals surface area contributed by atoms with E-state index in [1.165, 1.54) is 90.6 Å². The highest BCUT2D eigenvalue weighted by atomic mass is 35.5. The van der Waals surface area contributed by atoms with E-state index in [-0.39, 0.29) is 5.75 Å². The van der Waals surface area contributed by atoms with Gasteiger partial charge in [-0.3, -0.25) is 0 Å². The van der Waals surface area contributed by atoms with Gasteiger partial charge in [0.05, 0.1) is 40.7 Å². The van der Waals surface area contributed by atoms with E-state index in [1.807, 2.05) is 0 Å². The minimum Gasteiger partial charge on any atom is -0.494 e. The number of benzene rings is 3. The molecular formula is C36H46Cl2N2O4. The van der Waals surface area contributed by atoms with Crippen LogP contribution in [0.15, 0.2) is 70.9 Å². The summed E-state index contributed by atoms with van der Waals surface area (Å²) in [6, 6.07) is 16.9. The quantitative estimate of drug-likeness (QED) is 0.0502. The molecule has 8 heteroatoms. The number of carbonyl (C=O) groups is 1. The maximum atomic E-state index is 12.8. The molecule has 3 aromatic carbocycles. The number of ether oxygens (including phenoxy) is 3. The Morgan fingerprint density at radius 3 is 1.75 bits per heavy atom. The normalized spacial score (nSPS) is 11.2. The second kappa shape index (κ2) is 20.8. The molecule has 0 atom stereocenters. The molecule has 238 valence electrons. The van der Waals surface area contributed by atoms with Crippen LogP contribution < -0.4 is 14.2 Å². The molecule has 0 fully saturated rings. The molecule has 6 nitrogen and oxygen atoms in total. The molecule has 0 aliphatic heterocycles. The summed E-state index contributed by atoms with van der Waals surface area (Å²) in [6.07, 6.45) is 18.6. The Hall–Kier alpha value is -3.09. The summed E-state index contributed by atoms with van der Waals surface area (Å²) in [5.74, 6) is 0.888. The maximum Gasteiger partial charge on any atom is 0.343 e. The molecule has 0 saturated heterocycles. The van der Waals surface area contributed by atoms with E-state index >= 15 is 0 Å². The summed E-state index contributed by atoms with van der Waals surface area (Å²) < 4.78 is 16.9. The number of carbonyl (C=O) groups excluding carboxylic acids is 1. The minimum atomic E-state index is -0.494. The van der Waals surface area contributed by atoms with Crippen molar-refractivity contribution in [2.75, 3.05) is 13.7 Å². The van der Waals surface area contributed by atoms with Crippen molar-refractivity contribution in [1.29, 1.82) is 0 Å². The first-order valence-electron chi connectivity index (χ1n) is 16.0. The first kappa shape index (κ1) is 35.4. The van der Waals surface area contributed by atoms with Crippen LogP contribution in [0.5, 0.6) is 17.2 Å². The van der Waals surface area contributed by atoms with Crippen molar-refractivity contribution in [2.24, 2.45) is 10.2 Å². The summed E-state index contributed by atoms with van der Waals surface area (Å²) >= 11 is 12.0. The molecule has 0 amide bonds. The van der Waals surface area contributed by atoms with Crippen molar-refractivity contribution in [3.8, 4) is 17.2 Å². The van der Waals surface area contributed by atoms with Crippen molar-refractivity contribution in [2.45, 2.75) is 96.8 Å². The zero-order valence-corrected chi connectivity index (χ0v) is 27.7. The van der Waals surface area contributed by atoms with Crippen molar-refractivity contribution in [3.05, 3.63) is 76.3 Å². The molecule has 0 spiro atoms. The fourth-order valence-electron chi connectivity index (χ4n) is 4.80. The Morgan fingerprint density at radius 1 is 0.636 bits per heavy atom. The summed E-state index contributed by atoms with van der Waals surface area (Å²) in [5, 5.41) is 9.21. The van der Waals surface area contributed by atoms with Crippen LogP contribution in [0.25, 0.3) is 0 Å². The fourth-order valence-corrected chi connectivity index (χ4v) is 5.09. The molecule has 0 saturated carbocycles. The van der Waals surface area contributed by atoms with E-state index in [2.05, 4.69) is 17.2 Å². The van der Waals surface area contributed by atoms with E-state index in [9.17, 15) is 4.79 Å². The van der Waals surface area contributed by atoms with E-state index in [4.69, 9.17) is 37.4 Å². The average Bonchev–Trinajstić information content (AvgIpc) is 3.04. The Bertz CT molecular complexity index is 1300. The van der Waals surface area contributed by atoms with E-state index < -0.39 is 5.97 Å². The topological polar surface area (TPSA) is 69.5 Å². The van der Waals surface area contributed by atoms with Crippen LogP contribution in [0.3, 0.4) is 0 Å². The van der Waals surface area contributed by atoms with Gasteiger partial charge in [0.1, 0.15) is 5.75 Å². The van der Waals surface area contributed by atoms with Crippen molar-refractivity contribution in [3.63, 3.8) is 0 Å². The highest BCUT2D eigenvalue weighted by Gasteiger charge is 2.13. The molecule has 0 aliphatic carbocycles. The zero-order chi connectivity index (χ0) is 31.4. The van der Waals surface area contributed by atoms with Crippen LogP contribution in [-0.2, 0) is 0 Å². The molecular weight excluding hydrogens is 595 g/mol. The first-order valence-corrected chi connectivity index (χ1v) is 16.8. The number of hydrogen-bond acceptors (Lipinski definition) is 6. The third-order valence-corrected chi connectivity index (χ3v) is 8.13. The summed E-state index contributed by atoms with van der Waals surface area (Å²) in [6.45, 7) is 2.95. The molecule has 0 radical (unpaired) electrons. The molecule has 0 bridgehead atoms. The Balaban J connectivity index is 1.32. The van der Waals surface area contributed by atoms with Crippen molar-refractivity contribution in [1.82, 2.24) is 0 Å². The lowest BCUT2D eigenvalue weighted by atomic mass is 10.0. The molecule has 3 rings (SSSR count). The second-order valence-electron chi connectivity index (χ2n) is 11.0. The van der Waals surface area contributed by atoms with Crippen LogP contribution in [0.2, 0.25) is 10.0 Å². The highest BCUT2D eigenvalue weighted by molar-refractivity contribution is 6.42. The molecule has 0 aliphatic rings. The predicted molar refractivity (Wildman–Crippen MR) is 181 cm³/mol. The largest absolute Gasteiger partial charge is 0.494 e. The number of nitrogens with zero attached hydrogens (tertiary/aromatic N) is 2. The van der Waals surface area contributed by atoms with Gasteiger partial charge in [-0.2, -0.15) is 10.2 Å². The Kier molecular flexibility index (Phi) is 16.7. The third kappa shape index (κ3) is 13.3. The smallest absolute Gasteiger partial charge is 0.343 e. The summed E-state index contributed by atoms with van der Waals surface area (Å²) in [5.41, 5.74) is 1.49. The van der Waals surface area contributed by atoms with Crippen LogP contribution in [-0.4, -0.2) is 19.7 Å². The lowest BCUT2D eigenvalue weighted by molar-refractivity contribution is 0.0729. The zero-order valence-electron chi connectivity index (χ0n) is 26.2. The minimum absolute atomic E-state index is 0.282. The number of methoxy groups -OCH3 is 1. The van der Waals surface area contributed by atoms with Crippen LogP contribution >= 0.6 is 23.2 Å². The van der Waals surface area contributed by atoms with Gasteiger partial charge in [-0.1, -0.05) is 114 Å². The summed E-state index contributed by atoms with van der Waals surface area (Å²) in [7, 11) is 1.50. The van der Waals surface area contributed by atoms with Gasteiger partial charge in [0.25, 0.3) is 0 Å². The molecule has 0 aromatic heterocycles.